The Balaban J connectivity index is 1.40. The Labute approximate surface area is 197 Å². The lowest BCUT2D eigenvalue weighted by Gasteiger charge is -2.36. The number of morpholine rings is 1. The number of hydrogen-bond acceptors (Lipinski definition) is 6. The molecule has 1 aliphatic carbocycles. The van der Waals surface area contributed by atoms with Crippen molar-refractivity contribution >= 4 is 22.8 Å². The fourth-order valence-corrected chi connectivity index (χ4v) is 5.26. The van der Waals surface area contributed by atoms with Crippen LogP contribution in [0, 0.1) is 5.92 Å². The van der Waals surface area contributed by atoms with E-state index in [-0.39, 0.29) is 29.5 Å². The van der Waals surface area contributed by atoms with Gasteiger partial charge in [0.15, 0.2) is 5.82 Å². The average Bonchev–Trinajstić information content (AvgIpc) is 3.60. The maximum Gasteiger partial charge on any atom is 0.293 e. The van der Waals surface area contributed by atoms with Crippen molar-refractivity contribution in [3.63, 3.8) is 0 Å². The molecule has 0 spiro atoms. The molecule has 1 amide bonds. The van der Waals surface area contributed by atoms with E-state index in [1.165, 1.54) is 0 Å². The van der Waals surface area contributed by atoms with Crippen LogP contribution in [0.15, 0.2) is 35.5 Å². The minimum absolute atomic E-state index is 0.0381. The molecule has 2 saturated heterocycles. The van der Waals surface area contributed by atoms with Gasteiger partial charge in [-0.05, 0) is 44.7 Å². The van der Waals surface area contributed by atoms with E-state index in [0.717, 1.165) is 48.0 Å². The number of nitrogens with zero attached hydrogens (tertiary/aromatic N) is 5. The van der Waals surface area contributed by atoms with E-state index in [0.29, 0.717) is 38.7 Å². The van der Waals surface area contributed by atoms with Crippen LogP contribution < -0.4 is 10.5 Å². The summed E-state index contributed by atoms with van der Waals surface area (Å²) in [5.74, 6) is 0.998. The molecule has 34 heavy (non-hydrogen) atoms. The van der Waals surface area contributed by atoms with Crippen molar-refractivity contribution in [1.82, 2.24) is 24.4 Å². The Bertz CT molecular complexity index is 1270. The lowest BCUT2D eigenvalue weighted by Crippen LogP contribution is -2.48. The first kappa shape index (κ1) is 21.3. The number of amides is 1. The number of piperidine rings is 1. The fourth-order valence-electron chi connectivity index (χ4n) is 5.26. The Morgan fingerprint density at radius 1 is 1.15 bits per heavy atom. The lowest BCUT2D eigenvalue weighted by molar-refractivity contribution is -0.133. The summed E-state index contributed by atoms with van der Waals surface area (Å²) in [6.07, 6.45) is 9.13. The molecule has 1 saturated carbocycles. The molecule has 0 radical (unpaired) electrons. The first-order chi connectivity index (χ1) is 16.6. The summed E-state index contributed by atoms with van der Waals surface area (Å²) >= 11 is 0. The number of carbonyl (C=O) groups is 1. The number of ether oxygens (including phenoxy) is 1. The van der Waals surface area contributed by atoms with Gasteiger partial charge in [-0.25, -0.2) is 9.97 Å². The number of nitrogens with one attached hydrogen (secondary N) is 1. The second-order valence-electron chi connectivity index (χ2n) is 9.71. The molecular formula is C25H30N6O3. The molecule has 3 fully saturated rings. The van der Waals surface area contributed by atoms with Gasteiger partial charge in [-0.15, -0.1) is 0 Å². The van der Waals surface area contributed by atoms with E-state index in [1.807, 2.05) is 34.0 Å². The average molecular weight is 463 g/mol. The number of anilines is 1. The molecule has 6 rings (SSSR count). The van der Waals surface area contributed by atoms with Crippen LogP contribution in [-0.4, -0.2) is 69.2 Å². The molecule has 178 valence electrons. The number of aromatic nitrogens is 4. The summed E-state index contributed by atoms with van der Waals surface area (Å²) < 4.78 is 7.49. The highest BCUT2D eigenvalue weighted by Crippen LogP contribution is 2.34. The van der Waals surface area contributed by atoms with E-state index >= 15 is 0 Å². The van der Waals surface area contributed by atoms with Gasteiger partial charge in [0.2, 0.25) is 5.91 Å². The summed E-state index contributed by atoms with van der Waals surface area (Å²) in [5.41, 5.74) is 2.44. The molecule has 1 N–H and O–H groups in total. The van der Waals surface area contributed by atoms with Crippen LogP contribution in [0.25, 0.3) is 22.3 Å². The second kappa shape index (κ2) is 8.54. The molecule has 3 aromatic heterocycles. The maximum atomic E-state index is 13.8. The largest absolute Gasteiger partial charge is 0.377 e. The standard InChI is InChI=1S/C25H30N6O3/c1-16-15-34-13-12-30(16)23-25(33)31(18-6-10-29(11-7-18)24(32)17-2-3-17)14-21(28-23)19-4-8-26-22-20(19)5-9-27-22/h4-5,8-9,14,16-18H,2-3,6-7,10-13,15H2,1H3,(H,26,27)/t16-/m1/s1. The summed E-state index contributed by atoms with van der Waals surface area (Å²) in [5, 5.41) is 0.978. The highest BCUT2D eigenvalue weighted by molar-refractivity contribution is 5.91. The van der Waals surface area contributed by atoms with Crippen molar-refractivity contribution in [1.29, 1.82) is 0 Å². The molecule has 3 aromatic rings. The number of pyridine rings is 1. The first-order valence-electron chi connectivity index (χ1n) is 12.3. The van der Waals surface area contributed by atoms with Crippen molar-refractivity contribution in [3.8, 4) is 11.3 Å². The molecule has 1 atom stereocenters. The minimum atomic E-state index is -0.0659. The summed E-state index contributed by atoms with van der Waals surface area (Å²) in [7, 11) is 0. The topological polar surface area (TPSA) is 96.3 Å². The monoisotopic (exact) mass is 462 g/mol. The third kappa shape index (κ3) is 3.77. The molecule has 0 aromatic carbocycles. The number of fused-ring (bicyclic) bond motifs is 1. The first-order valence-corrected chi connectivity index (χ1v) is 12.3. The zero-order valence-electron chi connectivity index (χ0n) is 19.4. The molecular weight excluding hydrogens is 432 g/mol. The highest BCUT2D eigenvalue weighted by atomic mass is 16.5. The van der Waals surface area contributed by atoms with E-state index in [2.05, 4.69) is 21.8 Å². The maximum absolute atomic E-state index is 13.8. The van der Waals surface area contributed by atoms with Gasteiger partial charge >= 0.3 is 0 Å². The fraction of sp³-hybridized carbons (Fsp3) is 0.520. The molecule has 0 unspecified atom stereocenters. The van der Waals surface area contributed by atoms with Crippen LogP contribution in [0.2, 0.25) is 0 Å². The molecule has 0 bridgehead atoms. The molecule has 2 aliphatic heterocycles. The van der Waals surface area contributed by atoms with E-state index < -0.39 is 0 Å². The Kier molecular flexibility index (Phi) is 5.36. The van der Waals surface area contributed by atoms with Crippen molar-refractivity contribution in [2.75, 3.05) is 37.7 Å². The van der Waals surface area contributed by atoms with Crippen LogP contribution in [0.1, 0.15) is 38.6 Å². The molecule has 9 nitrogen and oxygen atoms in total. The number of rotatable bonds is 4. The van der Waals surface area contributed by atoms with E-state index in [4.69, 9.17) is 9.72 Å². The minimum Gasteiger partial charge on any atom is -0.377 e. The highest BCUT2D eigenvalue weighted by Gasteiger charge is 2.35. The third-order valence-electron chi connectivity index (χ3n) is 7.39. The van der Waals surface area contributed by atoms with Crippen molar-refractivity contribution in [2.45, 2.75) is 44.7 Å². The van der Waals surface area contributed by atoms with Crippen LogP contribution in [-0.2, 0) is 9.53 Å². The predicted octanol–water partition coefficient (Wildman–Crippen LogP) is 2.59. The van der Waals surface area contributed by atoms with Gasteiger partial charge in [-0.3, -0.25) is 9.59 Å². The van der Waals surface area contributed by atoms with Gasteiger partial charge in [0.05, 0.1) is 24.9 Å². The molecule has 5 heterocycles. The van der Waals surface area contributed by atoms with Crippen LogP contribution >= 0.6 is 0 Å². The Morgan fingerprint density at radius 2 is 1.97 bits per heavy atom. The Hall–Kier alpha value is -3.20. The number of H-pyrrole nitrogens is 1. The van der Waals surface area contributed by atoms with Crippen LogP contribution in [0.3, 0.4) is 0 Å². The van der Waals surface area contributed by atoms with Crippen LogP contribution in [0.4, 0.5) is 5.82 Å². The zero-order chi connectivity index (χ0) is 23.2. The van der Waals surface area contributed by atoms with Gasteiger partial charge in [0, 0.05) is 61.1 Å². The van der Waals surface area contributed by atoms with Gasteiger partial charge in [0.1, 0.15) is 5.65 Å². The van der Waals surface area contributed by atoms with Gasteiger partial charge < -0.3 is 24.1 Å². The lowest BCUT2D eigenvalue weighted by atomic mass is 10.0. The second-order valence-corrected chi connectivity index (χ2v) is 9.71. The predicted molar refractivity (Wildman–Crippen MR) is 129 cm³/mol. The van der Waals surface area contributed by atoms with Gasteiger partial charge in [0.25, 0.3) is 5.56 Å². The number of aromatic amines is 1. The molecule has 9 heteroatoms. The summed E-state index contributed by atoms with van der Waals surface area (Å²) in [6.45, 7) is 5.25. The number of likely N-dealkylation sites (tertiary alicyclic amines) is 1. The summed E-state index contributed by atoms with van der Waals surface area (Å²) in [4.78, 5) is 42.8. The van der Waals surface area contributed by atoms with E-state index in [9.17, 15) is 9.59 Å². The van der Waals surface area contributed by atoms with Crippen molar-refractivity contribution < 1.29 is 9.53 Å². The van der Waals surface area contributed by atoms with Crippen molar-refractivity contribution in [3.05, 3.63) is 41.1 Å². The quantitative estimate of drug-likeness (QED) is 0.640. The van der Waals surface area contributed by atoms with Crippen LogP contribution in [0.5, 0.6) is 0 Å². The SMILES string of the molecule is C[C@@H]1COCCN1c1nc(-c2ccnc3[nH]ccc23)cn(C2CCN(C(=O)C3CC3)CC2)c1=O. The molecule has 3 aliphatic rings. The van der Waals surface area contributed by atoms with Crippen molar-refractivity contribution in [2.24, 2.45) is 5.92 Å². The smallest absolute Gasteiger partial charge is 0.293 e. The summed E-state index contributed by atoms with van der Waals surface area (Å²) in [6, 6.07) is 4.06. The van der Waals surface area contributed by atoms with E-state index in [1.54, 1.807) is 6.20 Å². The number of hydrogen-bond donors (Lipinski definition) is 1. The zero-order valence-corrected chi connectivity index (χ0v) is 19.4. The Morgan fingerprint density at radius 3 is 2.74 bits per heavy atom. The third-order valence-corrected chi connectivity index (χ3v) is 7.39. The normalized spacial score (nSPS) is 21.9. The van der Waals surface area contributed by atoms with Gasteiger partial charge in [-0.2, -0.15) is 0 Å². The number of carbonyl (C=O) groups excluding carboxylic acids is 1. The van der Waals surface area contributed by atoms with Gasteiger partial charge in [-0.1, -0.05) is 0 Å².